The summed E-state index contributed by atoms with van der Waals surface area (Å²) in [5, 5.41) is 3.11. The Balaban J connectivity index is 1.77. The number of rotatable bonds is 5. The van der Waals surface area contributed by atoms with Gasteiger partial charge in [-0.3, -0.25) is 0 Å². The fraction of sp³-hybridized carbons (Fsp3) is 0.538. The highest BCUT2D eigenvalue weighted by atomic mass is 127. The molecule has 18 heavy (non-hydrogen) atoms. The maximum absolute atomic E-state index is 13.4. The Morgan fingerprint density at radius 1 is 1.39 bits per heavy atom. The minimum Gasteiger partial charge on any atom is -0.397 e. The van der Waals surface area contributed by atoms with Crippen LogP contribution >= 0.6 is 22.6 Å². The molecular weight excluding hydrogens is 346 g/mol. The molecule has 2 rings (SSSR count). The summed E-state index contributed by atoms with van der Waals surface area (Å²) in [5.41, 5.74) is 7.03. The predicted octanol–water partition coefficient (Wildman–Crippen LogP) is 3.38. The van der Waals surface area contributed by atoms with Gasteiger partial charge in [-0.2, -0.15) is 0 Å². The number of hydrogen-bond donors (Lipinski definition) is 2. The Bertz CT molecular complexity index is 408. The van der Waals surface area contributed by atoms with Crippen LogP contribution < -0.4 is 11.1 Å². The van der Waals surface area contributed by atoms with Crippen LogP contribution in [0, 0.1) is 9.39 Å². The fourth-order valence-electron chi connectivity index (χ4n) is 2.18. The molecule has 0 spiro atoms. The zero-order valence-corrected chi connectivity index (χ0v) is 12.4. The van der Waals surface area contributed by atoms with Gasteiger partial charge >= 0.3 is 0 Å². The van der Waals surface area contributed by atoms with Gasteiger partial charge in [-0.15, -0.1) is 0 Å². The molecule has 0 unspecified atom stereocenters. The molecule has 3 N–H and O–H groups in total. The SMILES string of the molecule is Nc1cc(I)c(F)cc1NCCOC1CCCC1. The van der Waals surface area contributed by atoms with E-state index >= 15 is 0 Å². The topological polar surface area (TPSA) is 47.3 Å². The number of ether oxygens (including phenoxy) is 1. The summed E-state index contributed by atoms with van der Waals surface area (Å²) >= 11 is 1.93. The highest BCUT2D eigenvalue weighted by Gasteiger charge is 2.14. The number of nitrogens with one attached hydrogen (secondary N) is 1. The van der Waals surface area contributed by atoms with Crippen molar-refractivity contribution < 1.29 is 9.13 Å². The van der Waals surface area contributed by atoms with E-state index in [2.05, 4.69) is 5.32 Å². The second kappa shape index (κ2) is 6.56. The summed E-state index contributed by atoms with van der Waals surface area (Å²) in [6.07, 6.45) is 5.29. The molecule has 0 heterocycles. The van der Waals surface area contributed by atoms with Crippen LogP contribution in [0.2, 0.25) is 0 Å². The first-order valence-electron chi connectivity index (χ1n) is 6.27. The minimum atomic E-state index is -0.246. The van der Waals surface area contributed by atoms with Crippen LogP contribution in [-0.2, 0) is 4.74 Å². The molecule has 1 aliphatic carbocycles. The number of nitrogen functional groups attached to an aromatic ring is 1. The highest BCUT2D eigenvalue weighted by Crippen LogP contribution is 2.24. The lowest BCUT2D eigenvalue weighted by molar-refractivity contribution is 0.0659. The van der Waals surface area contributed by atoms with Crippen molar-refractivity contribution >= 4 is 34.0 Å². The lowest BCUT2D eigenvalue weighted by Gasteiger charge is -2.13. The van der Waals surface area contributed by atoms with Crippen molar-refractivity contribution in [2.45, 2.75) is 31.8 Å². The number of hydrogen-bond acceptors (Lipinski definition) is 3. The normalized spacial score (nSPS) is 16.1. The van der Waals surface area contributed by atoms with Crippen molar-refractivity contribution in [1.29, 1.82) is 0 Å². The maximum Gasteiger partial charge on any atom is 0.138 e. The quantitative estimate of drug-likeness (QED) is 0.478. The van der Waals surface area contributed by atoms with E-state index in [1.54, 1.807) is 6.07 Å². The largest absolute Gasteiger partial charge is 0.397 e. The molecule has 5 heteroatoms. The first kappa shape index (κ1) is 13.9. The molecule has 100 valence electrons. The van der Waals surface area contributed by atoms with Gasteiger partial charge in [0.25, 0.3) is 0 Å². The van der Waals surface area contributed by atoms with Gasteiger partial charge < -0.3 is 15.8 Å². The molecule has 1 aromatic carbocycles. The molecule has 0 radical (unpaired) electrons. The Labute approximate surface area is 120 Å². The zero-order valence-electron chi connectivity index (χ0n) is 10.2. The van der Waals surface area contributed by atoms with Crippen LogP contribution in [0.5, 0.6) is 0 Å². The summed E-state index contributed by atoms with van der Waals surface area (Å²) in [5.74, 6) is -0.246. The lowest BCUT2D eigenvalue weighted by atomic mass is 10.2. The summed E-state index contributed by atoms with van der Waals surface area (Å²) in [7, 11) is 0. The molecule has 1 fully saturated rings. The van der Waals surface area contributed by atoms with Crippen LogP contribution in [0.25, 0.3) is 0 Å². The molecule has 1 aliphatic rings. The van der Waals surface area contributed by atoms with E-state index in [1.165, 1.54) is 31.7 Å². The lowest BCUT2D eigenvalue weighted by Crippen LogP contribution is -2.16. The van der Waals surface area contributed by atoms with Crippen LogP contribution in [-0.4, -0.2) is 19.3 Å². The second-order valence-electron chi connectivity index (χ2n) is 4.56. The van der Waals surface area contributed by atoms with Crippen molar-refractivity contribution in [2.75, 3.05) is 24.2 Å². The third-order valence-corrected chi connectivity index (χ3v) is 3.99. The number of anilines is 2. The van der Waals surface area contributed by atoms with Gasteiger partial charge in [0, 0.05) is 12.6 Å². The van der Waals surface area contributed by atoms with Crippen molar-refractivity contribution in [1.82, 2.24) is 0 Å². The van der Waals surface area contributed by atoms with Gasteiger partial charge in [0.05, 0.1) is 27.7 Å². The first-order valence-corrected chi connectivity index (χ1v) is 7.34. The Morgan fingerprint density at radius 3 is 2.83 bits per heavy atom. The molecule has 0 aliphatic heterocycles. The van der Waals surface area contributed by atoms with E-state index in [1.807, 2.05) is 22.6 Å². The Hall–Kier alpha value is -0.560. The average molecular weight is 364 g/mol. The Kier molecular flexibility index (Phi) is 5.05. The van der Waals surface area contributed by atoms with Crippen molar-refractivity contribution in [3.8, 4) is 0 Å². The molecule has 1 saturated carbocycles. The monoisotopic (exact) mass is 364 g/mol. The molecule has 3 nitrogen and oxygen atoms in total. The fourth-order valence-corrected chi connectivity index (χ4v) is 2.67. The summed E-state index contributed by atoms with van der Waals surface area (Å²) in [6, 6.07) is 3.07. The van der Waals surface area contributed by atoms with Crippen LogP contribution in [0.1, 0.15) is 25.7 Å². The molecule has 0 atom stereocenters. The van der Waals surface area contributed by atoms with E-state index in [9.17, 15) is 4.39 Å². The van der Waals surface area contributed by atoms with E-state index in [0.717, 1.165) is 0 Å². The predicted molar refractivity (Wildman–Crippen MR) is 80.2 cm³/mol. The number of benzene rings is 1. The van der Waals surface area contributed by atoms with E-state index < -0.39 is 0 Å². The van der Waals surface area contributed by atoms with Gasteiger partial charge in [-0.1, -0.05) is 12.8 Å². The minimum absolute atomic E-state index is 0.246. The molecular formula is C13H18FIN2O. The number of halogens is 2. The molecule has 0 aromatic heterocycles. The standard InChI is InChI=1S/C13H18FIN2O/c14-10-7-13(12(16)8-11(10)15)17-5-6-18-9-3-1-2-4-9/h7-9,17H,1-6,16H2. The summed E-state index contributed by atoms with van der Waals surface area (Å²) in [4.78, 5) is 0. The van der Waals surface area contributed by atoms with E-state index in [4.69, 9.17) is 10.5 Å². The van der Waals surface area contributed by atoms with Crippen molar-refractivity contribution in [3.05, 3.63) is 21.5 Å². The molecule has 1 aromatic rings. The van der Waals surface area contributed by atoms with E-state index in [-0.39, 0.29) is 5.82 Å². The number of nitrogens with two attached hydrogens (primary N) is 1. The first-order chi connectivity index (χ1) is 8.66. The van der Waals surface area contributed by atoms with Gasteiger partial charge in [0.2, 0.25) is 0 Å². The van der Waals surface area contributed by atoms with Gasteiger partial charge in [-0.05, 0) is 41.5 Å². The van der Waals surface area contributed by atoms with Gasteiger partial charge in [-0.25, -0.2) is 4.39 Å². The summed E-state index contributed by atoms with van der Waals surface area (Å²) < 4.78 is 19.6. The van der Waals surface area contributed by atoms with Crippen molar-refractivity contribution in [2.24, 2.45) is 0 Å². The molecule has 0 bridgehead atoms. The summed E-state index contributed by atoms with van der Waals surface area (Å²) in [6.45, 7) is 1.29. The van der Waals surface area contributed by atoms with Crippen LogP contribution in [0.15, 0.2) is 12.1 Å². The highest BCUT2D eigenvalue weighted by molar-refractivity contribution is 14.1. The molecule has 0 amide bonds. The second-order valence-corrected chi connectivity index (χ2v) is 5.72. The zero-order chi connectivity index (χ0) is 13.0. The third kappa shape index (κ3) is 3.71. The van der Waals surface area contributed by atoms with Gasteiger partial charge in [0.15, 0.2) is 0 Å². The van der Waals surface area contributed by atoms with Crippen LogP contribution in [0.4, 0.5) is 15.8 Å². The van der Waals surface area contributed by atoms with E-state index in [0.29, 0.717) is 34.2 Å². The molecule has 0 saturated heterocycles. The smallest absolute Gasteiger partial charge is 0.138 e. The van der Waals surface area contributed by atoms with Crippen LogP contribution in [0.3, 0.4) is 0 Å². The van der Waals surface area contributed by atoms with Gasteiger partial charge in [0.1, 0.15) is 5.82 Å². The maximum atomic E-state index is 13.4. The Morgan fingerprint density at radius 2 is 2.11 bits per heavy atom. The third-order valence-electron chi connectivity index (χ3n) is 3.17. The van der Waals surface area contributed by atoms with Crippen molar-refractivity contribution in [3.63, 3.8) is 0 Å². The average Bonchev–Trinajstić information content (AvgIpc) is 2.84.